The lowest BCUT2D eigenvalue weighted by molar-refractivity contribution is -0.144. The fourth-order valence-corrected chi connectivity index (χ4v) is 4.22. The molecule has 1 aliphatic rings. The van der Waals surface area contributed by atoms with Crippen molar-refractivity contribution in [1.29, 1.82) is 0 Å². The number of nitrogens with one attached hydrogen (secondary N) is 1. The van der Waals surface area contributed by atoms with Crippen LogP contribution in [0.25, 0.3) is 17.0 Å². The van der Waals surface area contributed by atoms with E-state index in [4.69, 9.17) is 0 Å². The lowest BCUT2D eigenvalue weighted by Gasteiger charge is -2.37. The number of aryl methyl sites for hydroxylation is 1. The van der Waals surface area contributed by atoms with E-state index in [2.05, 4.69) is 39.1 Å². The molecule has 29 heavy (non-hydrogen) atoms. The van der Waals surface area contributed by atoms with Gasteiger partial charge in [0.25, 0.3) is 0 Å². The van der Waals surface area contributed by atoms with E-state index in [1.807, 2.05) is 49.4 Å². The number of rotatable bonds is 6. The number of fused-ring (bicyclic) bond motifs is 1. The molecule has 1 aromatic heterocycles. The van der Waals surface area contributed by atoms with Gasteiger partial charge in [-0.1, -0.05) is 60.7 Å². The van der Waals surface area contributed by atoms with Gasteiger partial charge in [0.1, 0.15) is 6.04 Å². The van der Waals surface area contributed by atoms with Crippen LogP contribution in [0.1, 0.15) is 22.9 Å². The van der Waals surface area contributed by atoms with E-state index in [0.717, 1.165) is 54.9 Å². The van der Waals surface area contributed by atoms with Crippen molar-refractivity contribution in [2.75, 3.05) is 32.7 Å². The summed E-state index contributed by atoms with van der Waals surface area (Å²) in [6, 6.07) is 17.6. The number of hydrogen-bond donors (Lipinski definition) is 2. The van der Waals surface area contributed by atoms with Crippen LogP contribution in [0, 0.1) is 6.92 Å². The summed E-state index contributed by atoms with van der Waals surface area (Å²) in [6.45, 7) is 6.07. The summed E-state index contributed by atoms with van der Waals surface area (Å²) in [7, 11) is 0. The van der Waals surface area contributed by atoms with Gasteiger partial charge in [0, 0.05) is 54.9 Å². The van der Waals surface area contributed by atoms with Crippen LogP contribution in [-0.4, -0.2) is 58.6 Å². The lowest BCUT2D eigenvalue weighted by atomic mass is 10.0. The number of carboxylic acids is 1. The van der Waals surface area contributed by atoms with E-state index in [1.165, 1.54) is 5.56 Å². The van der Waals surface area contributed by atoms with Crippen LogP contribution >= 0.6 is 0 Å². The molecular formula is C24H27N3O2. The fourth-order valence-electron chi connectivity index (χ4n) is 4.22. The Bertz CT molecular complexity index is 1000. The highest BCUT2D eigenvalue weighted by molar-refractivity contribution is 5.90. The molecule has 0 saturated carbocycles. The smallest absolute Gasteiger partial charge is 0.325 e. The molecule has 2 N–H and O–H groups in total. The van der Waals surface area contributed by atoms with E-state index >= 15 is 0 Å². The maximum atomic E-state index is 12.2. The molecule has 5 heteroatoms. The van der Waals surface area contributed by atoms with Crippen molar-refractivity contribution in [3.63, 3.8) is 0 Å². The summed E-state index contributed by atoms with van der Waals surface area (Å²) in [5.41, 5.74) is 4.03. The van der Waals surface area contributed by atoms with Crippen molar-refractivity contribution in [2.24, 2.45) is 0 Å². The Hall–Kier alpha value is -2.89. The molecule has 0 radical (unpaired) electrons. The number of aliphatic carboxylic acids is 1. The van der Waals surface area contributed by atoms with Crippen LogP contribution in [0.4, 0.5) is 0 Å². The molecule has 1 fully saturated rings. The van der Waals surface area contributed by atoms with Crippen molar-refractivity contribution in [1.82, 2.24) is 14.8 Å². The van der Waals surface area contributed by atoms with E-state index in [9.17, 15) is 9.90 Å². The molecule has 4 rings (SSSR count). The van der Waals surface area contributed by atoms with Gasteiger partial charge in [0.2, 0.25) is 0 Å². The highest BCUT2D eigenvalue weighted by Crippen LogP contribution is 2.32. The third-order valence-electron chi connectivity index (χ3n) is 5.70. The van der Waals surface area contributed by atoms with Gasteiger partial charge in [-0.2, -0.15) is 0 Å². The van der Waals surface area contributed by atoms with Gasteiger partial charge in [0.15, 0.2) is 0 Å². The minimum Gasteiger partial charge on any atom is -0.480 e. The number of H-pyrrole nitrogens is 1. The van der Waals surface area contributed by atoms with Crippen molar-refractivity contribution in [3.8, 4) is 0 Å². The first-order chi connectivity index (χ1) is 14.1. The second kappa shape index (κ2) is 8.64. The molecule has 1 aliphatic heterocycles. The molecule has 3 aromatic rings. The van der Waals surface area contributed by atoms with Crippen LogP contribution in [0.5, 0.6) is 0 Å². The zero-order valence-corrected chi connectivity index (χ0v) is 16.7. The summed E-state index contributed by atoms with van der Waals surface area (Å²) in [4.78, 5) is 20.0. The van der Waals surface area contributed by atoms with Crippen LogP contribution < -0.4 is 0 Å². The maximum absolute atomic E-state index is 12.2. The third kappa shape index (κ3) is 4.26. The highest BCUT2D eigenvalue weighted by atomic mass is 16.4. The molecule has 1 unspecified atom stereocenters. The molecule has 2 aromatic carbocycles. The second-order valence-electron chi connectivity index (χ2n) is 7.60. The number of carbonyl (C=O) groups is 1. The molecule has 150 valence electrons. The maximum Gasteiger partial charge on any atom is 0.325 e. The molecule has 5 nitrogen and oxygen atoms in total. The molecule has 0 spiro atoms. The van der Waals surface area contributed by atoms with Gasteiger partial charge in [0.05, 0.1) is 0 Å². The Morgan fingerprint density at radius 2 is 1.76 bits per heavy atom. The summed E-state index contributed by atoms with van der Waals surface area (Å²) in [5.74, 6) is -0.782. The van der Waals surface area contributed by atoms with Crippen molar-refractivity contribution in [3.05, 3.63) is 77.5 Å². The minimum absolute atomic E-state index is 0.617. The molecule has 1 atom stereocenters. The average Bonchev–Trinajstić information content (AvgIpc) is 3.06. The molecular weight excluding hydrogens is 362 g/mol. The number of piperazine rings is 1. The summed E-state index contributed by atoms with van der Waals surface area (Å²) >= 11 is 0. The van der Waals surface area contributed by atoms with Gasteiger partial charge in [-0.25, -0.2) is 0 Å². The van der Waals surface area contributed by atoms with E-state index in [0.29, 0.717) is 0 Å². The Kier molecular flexibility index (Phi) is 5.79. The van der Waals surface area contributed by atoms with Gasteiger partial charge in [-0.3, -0.25) is 14.6 Å². The lowest BCUT2D eigenvalue weighted by Crippen LogP contribution is -2.49. The zero-order valence-electron chi connectivity index (χ0n) is 16.7. The quantitative estimate of drug-likeness (QED) is 0.671. The van der Waals surface area contributed by atoms with Crippen LogP contribution in [0.15, 0.2) is 60.7 Å². The Morgan fingerprint density at radius 3 is 2.48 bits per heavy atom. The predicted octanol–water partition coefficient (Wildman–Crippen LogP) is 3.93. The number of para-hydroxylation sites is 1. The van der Waals surface area contributed by atoms with Crippen molar-refractivity contribution < 1.29 is 9.90 Å². The van der Waals surface area contributed by atoms with E-state index in [1.54, 1.807) is 0 Å². The van der Waals surface area contributed by atoms with Gasteiger partial charge >= 0.3 is 5.97 Å². The fraction of sp³-hybridized carbons (Fsp3) is 0.292. The van der Waals surface area contributed by atoms with Gasteiger partial charge in [-0.15, -0.1) is 0 Å². The van der Waals surface area contributed by atoms with Crippen LogP contribution in [-0.2, 0) is 4.79 Å². The van der Waals surface area contributed by atoms with Gasteiger partial charge < -0.3 is 10.1 Å². The second-order valence-corrected chi connectivity index (χ2v) is 7.60. The largest absolute Gasteiger partial charge is 0.480 e. The van der Waals surface area contributed by atoms with E-state index < -0.39 is 12.0 Å². The molecule has 0 bridgehead atoms. The predicted molar refractivity (Wildman–Crippen MR) is 117 cm³/mol. The average molecular weight is 389 g/mol. The number of hydrogen-bond acceptors (Lipinski definition) is 3. The number of aromatic nitrogens is 1. The number of aromatic amines is 1. The topological polar surface area (TPSA) is 59.6 Å². The molecule has 0 aliphatic carbocycles. The zero-order chi connectivity index (χ0) is 20.2. The number of carboxylic acid groups (broad SMARTS) is 1. The Balaban J connectivity index is 1.44. The van der Waals surface area contributed by atoms with Crippen molar-refractivity contribution >= 4 is 22.9 Å². The summed E-state index contributed by atoms with van der Waals surface area (Å²) in [5, 5.41) is 11.0. The van der Waals surface area contributed by atoms with Crippen molar-refractivity contribution in [2.45, 2.75) is 13.0 Å². The standard InChI is InChI=1S/C24H27N3O2/c1-18-22(20-11-5-6-12-21(20)25-18)23(24(28)29)27-16-14-26(15-17-27)13-7-10-19-8-3-2-4-9-19/h2-12,23,25H,13-17H2,1H3,(H,28,29). The van der Waals surface area contributed by atoms with Gasteiger partial charge in [-0.05, 0) is 18.6 Å². The first-order valence-electron chi connectivity index (χ1n) is 10.1. The SMILES string of the molecule is Cc1[nH]c2ccccc2c1C(C(=O)O)N1CCN(CC=Cc2ccccc2)CC1. The first-order valence-corrected chi connectivity index (χ1v) is 10.1. The Labute approximate surface area is 171 Å². The number of benzene rings is 2. The third-order valence-corrected chi connectivity index (χ3v) is 5.70. The number of nitrogens with zero attached hydrogens (tertiary/aromatic N) is 2. The molecule has 0 amide bonds. The van der Waals surface area contributed by atoms with Crippen LogP contribution in [0.2, 0.25) is 0 Å². The molecule has 1 saturated heterocycles. The van der Waals surface area contributed by atoms with E-state index in [-0.39, 0.29) is 0 Å². The Morgan fingerprint density at radius 1 is 1.07 bits per heavy atom. The molecule has 2 heterocycles. The summed E-state index contributed by atoms with van der Waals surface area (Å²) < 4.78 is 0. The summed E-state index contributed by atoms with van der Waals surface area (Å²) in [6.07, 6.45) is 4.32. The first kappa shape index (κ1) is 19.4. The minimum atomic E-state index is -0.782. The highest BCUT2D eigenvalue weighted by Gasteiger charge is 2.33. The normalized spacial score (nSPS) is 17.1. The van der Waals surface area contributed by atoms with Crippen LogP contribution in [0.3, 0.4) is 0 Å². The monoisotopic (exact) mass is 389 g/mol.